The molecule has 2 aromatic rings. The highest BCUT2D eigenvalue weighted by molar-refractivity contribution is 5.70. The fourth-order valence-corrected chi connectivity index (χ4v) is 2.71. The molecule has 0 aromatic carbocycles. The number of carboxylic acids is 1. The van der Waals surface area contributed by atoms with Crippen LogP contribution in [0.25, 0.3) is 5.82 Å². The van der Waals surface area contributed by atoms with E-state index in [4.69, 9.17) is 5.11 Å². The summed E-state index contributed by atoms with van der Waals surface area (Å²) in [7, 11) is 0. The lowest BCUT2D eigenvalue weighted by Crippen LogP contribution is -2.30. The number of aliphatic carboxylic acids is 1. The molecule has 2 heterocycles. The Bertz CT molecular complexity index is 596. The third-order valence-corrected chi connectivity index (χ3v) is 3.80. The summed E-state index contributed by atoms with van der Waals surface area (Å²) in [4.78, 5) is 19.3. The number of nitrogens with zero attached hydrogens (tertiary/aromatic N) is 4. The first kappa shape index (κ1) is 13.5. The first-order chi connectivity index (χ1) is 10.2. The second-order valence-corrected chi connectivity index (χ2v) is 5.29. The molecule has 2 aromatic heterocycles. The van der Waals surface area contributed by atoms with E-state index in [9.17, 15) is 4.79 Å². The average molecular weight is 287 g/mol. The third-order valence-electron chi connectivity index (χ3n) is 3.80. The molecule has 0 bridgehead atoms. The van der Waals surface area contributed by atoms with Crippen molar-refractivity contribution in [1.82, 2.24) is 19.7 Å². The number of nitrogens with one attached hydrogen (secondary N) is 1. The van der Waals surface area contributed by atoms with Gasteiger partial charge in [-0.3, -0.25) is 4.79 Å². The fourth-order valence-electron chi connectivity index (χ4n) is 2.71. The Morgan fingerprint density at radius 1 is 1.38 bits per heavy atom. The van der Waals surface area contributed by atoms with Gasteiger partial charge in [-0.05, 0) is 31.4 Å². The van der Waals surface area contributed by atoms with Crippen molar-refractivity contribution in [3.63, 3.8) is 0 Å². The van der Waals surface area contributed by atoms with E-state index in [1.54, 1.807) is 17.2 Å². The number of anilines is 1. The summed E-state index contributed by atoms with van der Waals surface area (Å²) in [6.45, 7) is 0. The van der Waals surface area contributed by atoms with Crippen molar-refractivity contribution in [2.75, 3.05) is 5.32 Å². The van der Waals surface area contributed by atoms with Gasteiger partial charge < -0.3 is 10.4 Å². The summed E-state index contributed by atoms with van der Waals surface area (Å²) in [5.41, 5.74) is 0.898. The molecule has 7 nitrogen and oxygen atoms in total. The molecular weight excluding hydrogens is 270 g/mol. The third kappa shape index (κ3) is 3.18. The van der Waals surface area contributed by atoms with Crippen LogP contribution in [0.2, 0.25) is 0 Å². The van der Waals surface area contributed by atoms with Crippen molar-refractivity contribution in [3.8, 4) is 5.82 Å². The molecule has 1 aliphatic rings. The molecule has 2 N–H and O–H groups in total. The molecule has 1 aliphatic carbocycles. The van der Waals surface area contributed by atoms with E-state index in [1.807, 2.05) is 12.1 Å². The van der Waals surface area contributed by atoms with Gasteiger partial charge in [-0.25, -0.2) is 14.6 Å². The molecule has 1 saturated carbocycles. The molecule has 7 heteroatoms. The Morgan fingerprint density at radius 2 is 2.29 bits per heavy atom. The summed E-state index contributed by atoms with van der Waals surface area (Å²) in [5, 5.41) is 16.5. The van der Waals surface area contributed by atoms with Crippen LogP contribution in [0.1, 0.15) is 25.7 Å². The van der Waals surface area contributed by atoms with Gasteiger partial charge in [0.05, 0.1) is 17.8 Å². The van der Waals surface area contributed by atoms with Crippen LogP contribution in [0.5, 0.6) is 0 Å². The van der Waals surface area contributed by atoms with Gasteiger partial charge in [-0.1, -0.05) is 6.42 Å². The van der Waals surface area contributed by atoms with E-state index in [1.165, 1.54) is 6.33 Å². The van der Waals surface area contributed by atoms with E-state index in [2.05, 4.69) is 20.4 Å². The quantitative estimate of drug-likeness (QED) is 0.889. The van der Waals surface area contributed by atoms with Gasteiger partial charge >= 0.3 is 5.97 Å². The van der Waals surface area contributed by atoms with Crippen LogP contribution in [0, 0.1) is 5.92 Å². The Morgan fingerprint density at radius 3 is 2.95 bits per heavy atom. The van der Waals surface area contributed by atoms with Crippen LogP contribution in [0.15, 0.2) is 31.0 Å². The van der Waals surface area contributed by atoms with Crippen molar-refractivity contribution in [1.29, 1.82) is 0 Å². The number of carboxylic acid groups (broad SMARTS) is 1. The monoisotopic (exact) mass is 287 g/mol. The van der Waals surface area contributed by atoms with E-state index < -0.39 is 5.97 Å². The average Bonchev–Trinajstić information content (AvgIpc) is 3.02. The summed E-state index contributed by atoms with van der Waals surface area (Å²) in [5.74, 6) is -0.232. The first-order valence-corrected chi connectivity index (χ1v) is 7.03. The normalized spacial score (nSPS) is 21.9. The first-order valence-electron chi connectivity index (χ1n) is 7.03. The van der Waals surface area contributed by atoms with Gasteiger partial charge in [-0.2, -0.15) is 5.10 Å². The smallest absolute Gasteiger partial charge is 0.306 e. The van der Waals surface area contributed by atoms with E-state index in [0.29, 0.717) is 12.2 Å². The summed E-state index contributed by atoms with van der Waals surface area (Å²) >= 11 is 0. The molecular formula is C14H17N5O2. The van der Waals surface area contributed by atoms with E-state index in [0.717, 1.165) is 24.9 Å². The Labute approximate surface area is 122 Å². The van der Waals surface area contributed by atoms with Crippen LogP contribution in [0.4, 0.5) is 5.69 Å². The van der Waals surface area contributed by atoms with E-state index in [-0.39, 0.29) is 12.0 Å². The lowest BCUT2D eigenvalue weighted by atomic mass is 9.86. The minimum Gasteiger partial charge on any atom is -0.481 e. The summed E-state index contributed by atoms with van der Waals surface area (Å²) in [6.07, 6.45) is 8.17. The van der Waals surface area contributed by atoms with Crippen molar-refractivity contribution in [2.45, 2.75) is 31.7 Å². The van der Waals surface area contributed by atoms with Crippen molar-refractivity contribution >= 4 is 11.7 Å². The lowest BCUT2D eigenvalue weighted by molar-refractivity contribution is -0.142. The van der Waals surface area contributed by atoms with Gasteiger partial charge in [-0.15, -0.1) is 0 Å². The summed E-state index contributed by atoms with van der Waals surface area (Å²) < 4.78 is 1.59. The van der Waals surface area contributed by atoms with E-state index >= 15 is 0 Å². The molecule has 0 aliphatic heterocycles. The minimum absolute atomic E-state index is 0.193. The van der Waals surface area contributed by atoms with Gasteiger partial charge in [0.25, 0.3) is 0 Å². The second kappa shape index (κ2) is 5.90. The zero-order valence-corrected chi connectivity index (χ0v) is 11.5. The van der Waals surface area contributed by atoms with Crippen LogP contribution in [0.3, 0.4) is 0 Å². The second-order valence-electron chi connectivity index (χ2n) is 5.29. The van der Waals surface area contributed by atoms with Crippen LogP contribution in [-0.4, -0.2) is 36.9 Å². The molecule has 0 spiro atoms. The van der Waals surface area contributed by atoms with Gasteiger partial charge in [0.2, 0.25) is 0 Å². The molecule has 0 radical (unpaired) electrons. The maximum absolute atomic E-state index is 11.1. The Kier molecular flexibility index (Phi) is 3.81. The Hall–Kier alpha value is -2.44. The highest BCUT2D eigenvalue weighted by Crippen LogP contribution is 2.26. The highest BCUT2D eigenvalue weighted by atomic mass is 16.4. The Balaban J connectivity index is 1.64. The van der Waals surface area contributed by atoms with Gasteiger partial charge in [0.1, 0.15) is 12.7 Å². The van der Waals surface area contributed by atoms with Crippen LogP contribution in [-0.2, 0) is 4.79 Å². The van der Waals surface area contributed by atoms with Crippen LogP contribution >= 0.6 is 0 Å². The SMILES string of the molecule is O=C(O)C1CCCC(Nc2ccc(-n3cncn3)nc2)C1. The maximum atomic E-state index is 11.1. The lowest BCUT2D eigenvalue weighted by Gasteiger charge is -2.28. The standard InChI is InChI=1S/C14H17N5O2/c20-14(21)10-2-1-3-11(6-10)18-12-4-5-13(16-7-12)19-9-15-8-17-19/h4-5,7-11,18H,1-3,6H2,(H,20,21). The molecule has 21 heavy (non-hydrogen) atoms. The minimum atomic E-state index is -0.693. The number of pyridine rings is 1. The predicted octanol–water partition coefficient (Wildman–Crippen LogP) is 1.72. The molecule has 110 valence electrons. The molecule has 0 saturated heterocycles. The molecule has 3 rings (SSSR count). The fraction of sp³-hybridized carbons (Fsp3) is 0.429. The number of aromatic nitrogens is 4. The number of rotatable bonds is 4. The topological polar surface area (TPSA) is 92.9 Å². The molecule has 2 atom stereocenters. The van der Waals surface area contributed by atoms with Crippen molar-refractivity contribution < 1.29 is 9.90 Å². The maximum Gasteiger partial charge on any atom is 0.306 e. The van der Waals surface area contributed by atoms with Gasteiger partial charge in [0.15, 0.2) is 5.82 Å². The van der Waals surface area contributed by atoms with Crippen molar-refractivity contribution in [2.24, 2.45) is 5.92 Å². The molecule has 0 amide bonds. The van der Waals surface area contributed by atoms with Crippen molar-refractivity contribution in [3.05, 3.63) is 31.0 Å². The summed E-state index contributed by atoms with van der Waals surface area (Å²) in [6, 6.07) is 3.97. The van der Waals surface area contributed by atoms with Gasteiger partial charge in [0, 0.05) is 6.04 Å². The van der Waals surface area contributed by atoms with Crippen LogP contribution < -0.4 is 5.32 Å². The highest BCUT2D eigenvalue weighted by Gasteiger charge is 2.26. The number of carbonyl (C=O) groups is 1. The molecule has 1 fully saturated rings. The largest absolute Gasteiger partial charge is 0.481 e. The predicted molar refractivity (Wildman–Crippen MR) is 76.2 cm³/mol. The zero-order valence-electron chi connectivity index (χ0n) is 11.5. The number of hydrogen-bond donors (Lipinski definition) is 2. The zero-order chi connectivity index (χ0) is 14.7. The number of hydrogen-bond acceptors (Lipinski definition) is 5. The molecule has 2 unspecified atom stereocenters.